The lowest BCUT2D eigenvalue weighted by molar-refractivity contribution is 0.0679. The number of hydrogen-bond donors (Lipinski definition) is 2. The highest BCUT2D eigenvalue weighted by Crippen LogP contribution is 2.17. The van der Waals surface area contributed by atoms with Gasteiger partial charge in [-0.15, -0.1) is 0 Å². The Labute approximate surface area is 118 Å². The van der Waals surface area contributed by atoms with Crippen LogP contribution in [0.3, 0.4) is 0 Å². The molecule has 0 saturated carbocycles. The summed E-state index contributed by atoms with van der Waals surface area (Å²) in [5.74, 6) is 0.443. The topological polar surface area (TPSA) is 67.8 Å². The third kappa shape index (κ3) is 4.51. The van der Waals surface area contributed by atoms with Crippen molar-refractivity contribution in [1.82, 2.24) is 5.32 Å². The molecule has 2 unspecified atom stereocenters. The van der Waals surface area contributed by atoms with Crippen LogP contribution in [0.1, 0.15) is 30.1 Å². The van der Waals surface area contributed by atoms with Crippen LogP contribution in [0.15, 0.2) is 24.3 Å². The molecule has 110 valence electrons. The zero-order valence-electron chi connectivity index (χ0n) is 11.7. The van der Waals surface area contributed by atoms with E-state index < -0.39 is 6.10 Å². The molecule has 1 aromatic carbocycles. The van der Waals surface area contributed by atoms with E-state index in [0.717, 1.165) is 19.4 Å². The van der Waals surface area contributed by atoms with Crippen LogP contribution < -0.4 is 10.1 Å². The molecule has 0 aromatic heterocycles. The first-order valence-corrected chi connectivity index (χ1v) is 6.96. The van der Waals surface area contributed by atoms with E-state index in [9.17, 15) is 4.79 Å². The highest BCUT2D eigenvalue weighted by Gasteiger charge is 2.16. The molecule has 0 radical (unpaired) electrons. The molecule has 2 atom stereocenters. The van der Waals surface area contributed by atoms with Gasteiger partial charge in [-0.3, -0.25) is 4.79 Å². The van der Waals surface area contributed by atoms with Crippen molar-refractivity contribution in [3.8, 4) is 5.75 Å². The van der Waals surface area contributed by atoms with E-state index in [0.29, 0.717) is 17.9 Å². The van der Waals surface area contributed by atoms with Gasteiger partial charge in [-0.25, -0.2) is 0 Å². The summed E-state index contributed by atoms with van der Waals surface area (Å²) in [7, 11) is 0. The maximum Gasteiger partial charge on any atom is 0.251 e. The normalized spacial score (nSPS) is 19.6. The van der Waals surface area contributed by atoms with Crippen molar-refractivity contribution in [2.24, 2.45) is 0 Å². The molecule has 1 aliphatic rings. The monoisotopic (exact) mass is 279 g/mol. The van der Waals surface area contributed by atoms with Gasteiger partial charge in [0.25, 0.3) is 5.91 Å². The maximum atomic E-state index is 11.9. The van der Waals surface area contributed by atoms with E-state index in [1.165, 1.54) is 0 Å². The highest BCUT2D eigenvalue weighted by atomic mass is 16.5. The number of benzene rings is 1. The smallest absolute Gasteiger partial charge is 0.251 e. The molecule has 1 amide bonds. The van der Waals surface area contributed by atoms with Crippen LogP contribution in [-0.2, 0) is 4.74 Å². The fourth-order valence-corrected chi connectivity index (χ4v) is 2.03. The molecule has 0 aliphatic carbocycles. The fraction of sp³-hybridized carbons (Fsp3) is 0.533. The lowest BCUT2D eigenvalue weighted by Gasteiger charge is -2.12. The Bertz CT molecular complexity index is 441. The molecule has 5 nitrogen and oxygen atoms in total. The number of nitrogens with one attached hydrogen (secondary N) is 1. The average Bonchev–Trinajstić information content (AvgIpc) is 2.96. The van der Waals surface area contributed by atoms with Crippen molar-refractivity contribution in [1.29, 1.82) is 0 Å². The number of amides is 1. The van der Waals surface area contributed by atoms with E-state index in [4.69, 9.17) is 14.6 Å². The first-order valence-electron chi connectivity index (χ1n) is 6.96. The third-order valence-electron chi connectivity index (χ3n) is 3.11. The van der Waals surface area contributed by atoms with Crippen molar-refractivity contribution in [3.63, 3.8) is 0 Å². The number of carbonyl (C=O) groups is 1. The third-order valence-corrected chi connectivity index (χ3v) is 3.11. The summed E-state index contributed by atoms with van der Waals surface area (Å²) >= 11 is 0. The van der Waals surface area contributed by atoms with Gasteiger partial charge in [0.15, 0.2) is 0 Å². The van der Waals surface area contributed by atoms with Gasteiger partial charge in [-0.2, -0.15) is 0 Å². The predicted octanol–water partition coefficient (Wildman–Crippen LogP) is 1.36. The summed E-state index contributed by atoms with van der Waals surface area (Å²) in [5.41, 5.74) is 0.524. The summed E-state index contributed by atoms with van der Waals surface area (Å²) in [6.45, 7) is 3.18. The number of hydrogen-bond acceptors (Lipinski definition) is 4. The standard InChI is InChI=1S/C15H21NO4/c1-11(17)9-16-15(18)12-4-2-5-13(8-12)20-10-14-6-3-7-19-14/h2,4-5,8,11,14,17H,3,6-7,9-10H2,1H3,(H,16,18). The van der Waals surface area contributed by atoms with Crippen LogP contribution in [0.5, 0.6) is 5.75 Å². The summed E-state index contributed by atoms with van der Waals surface area (Å²) < 4.78 is 11.1. The van der Waals surface area contributed by atoms with Gasteiger partial charge in [0, 0.05) is 18.7 Å². The van der Waals surface area contributed by atoms with Gasteiger partial charge in [0.05, 0.1) is 12.2 Å². The second-order valence-corrected chi connectivity index (χ2v) is 5.03. The first kappa shape index (κ1) is 14.8. The van der Waals surface area contributed by atoms with Gasteiger partial charge in [-0.1, -0.05) is 6.07 Å². The minimum atomic E-state index is -0.558. The Morgan fingerprint density at radius 2 is 2.45 bits per heavy atom. The Hall–Kier alpha value is -1.59. The quantitative estimate of drug-likeness (QED) is 0.825. The van der Waals surface area contributed by atoms with Gasteiger partial charge in [0.2, 0.25) is 0 Å². The summed E-state index contributed by atoms with van der Waals surface area (Å²) in [5, 5.41) is 11.8. The average molecular weight is 279 g/mol. The van der Waals surface area contributed by atoms with Gasteiger partial charge in [0.1, 0.15) is 12.4 Å². The zero-order valence-corrected chi connectivity index (χ0v) is 11.7. The molecule has 5 heteroatoms. The summed E-state index contributed by atoms with van der Waals surface area (Å²) in [6, 6.07) is 7.02. The van der Waals surface area contributed by atoms with E-state index in [1.807, 2.05) is 6.07 Å². The molecular weight excluding hydrogens is 258 g/mol. The van der Waals surface area contributed by atoms with Crippen LogP contribution >= 0.6 is 0 Å². The minimum absolute atomic E-state index is 0.155. The van der Waals surface area contributed by atoms with Crippen LogP contribution in [-0.4, -0.2) is 43.0 Å². The largest absolute Gasteiger partial charge is 0.491 e. The van der Waals surface area contributed by atoms with E-state index >= 15 is 0 Å². The molecule has 0 bridgehead atoms. The maximum absolute atomic E-state index is 11.9. The Balaban J connectivity index is 1.87. The van der Waals surface area contributed by atoms with Gasteiger partial charge in [-0.05, 0) is 38.0 Å². The van der Waals surface area contributed by atoms with Crippen LogP contribution in [0, 0.1) is 0 Å². The lowest BCUT2D eigenvalue weighted by Crippen LogP contribution is -2.30. The molecule has 0 spiro atoms. The molecule has 1 aromatic rings. The Morgan fingerprint density at radius 1 is 1.60 bits per heavy atom. The van der Waals surface area contributed by atoms with Crippen molar-refractivity contribution < 1.29 is 19.4 Å². The van der Waals surface area contributed by atoms with E-state index in [2.05, 4.69) is 5.32 Å². The highest BCUT2D eigenvalue weighted by molar-refractivity contribution is 5.94. The molecule has 1 fully saturated rings. The molecular formula is C15H21NO4. The van der Waals surface area contributed by atoms with E-state index in [1.54, 1.807) is 25.1 Å². The van der Waals surface area contributed by atoms with Crippen molar-refractivity contribution >= 4 is 5.91 Å². The number of aliphatic hydroxyl groups is 1. The van der Waals surface area contributed by atoms with Crippen molar-refractivity contribution in [2.75, 3.05) is 19.8 Å². The number of aliphatic hydroxyl groups excluding tert-OH is 1. The second kappa shape index (κ2) is 7.26. The minimum Gasteiger partial charge on any atom is -0.491 e. The van der Waals surface area contributed by atoms with Crippen LogP contribution in [0.4, 0.5) is 0 Å². The molecule has 1 aliphatic heterocycles. The summed E-state index contributed by atoms with van der Waals surface area (Å²) in [4.78, 5) is 11.9. The van der Waals surface area contributed by atoms with Crippen LogP contribution in [0.2, 0.25) is 0 Å². The Morgan fingerprint density at radius 3 is 3.15 bits per heavy atom. The molecule has 20 heavy (non-hydrogen) atoms. The number of carbonyl (C=O) groups excluding carboxylic acids is 1. The number of rotatable bonds is 6. The summed E-state index contributed by atoms with van der Waals surface area (Å²) in [6.07, 6.45) is 1.70. The van der Waals surface area contributed by atoms with Gasteiger partial charge < -0.3 is 19.9 Å². The van der Waals surface area contributed by atoms with Crippen molar-refractivity contribution in [3.05, 3.63) is 29.8 Å². The predicted molar refractivity (Wildman–Crippen MR) is 74.9 cm³/mol. The zero-order chi connectivity index (χ0) is 14.4. The molecule has 1 heterocycles. The first-order chi connectivity index (χ1) is 9.65. The fourth-order valence-electron chi connectivity index (χ4n) is 2.03. The molecule has 2 rings (SSSR count). The molecule has 2 N–H and O–H groups in total. The second-order valence-electron chi connectivity index (χ2n) is 5.03. The Kier molecular flexibility index (Phi) is 5.38. The van der Waals surface area contributed by atoms with E-state index in [-0.39, 0.29) is 18.6 Å². The molecule has 1 saturated heterocycles. The van der Waals surface area contributed by atoms with Gasteiger partial charge >= 0.3 is 0 Å². The SMILES string of the molecule is CC(O)CNC(=O)c1cccc(OCC2CCCO2)c1. The van der Waals surface area contributed by atoms with Crippen LogP contribution in [0.25, 0.3) is 0 Å². The number of ether oxygens (including phenoxy) is 2. The lowest BCUT2D eigenvalue weighted by atomic mass is 10.2. The van der Waals surface area contributed by atoms with Crippen molar-refractivity contribution in [2.45, 2.75) is 32.0 Å².